The number of hydrogen-bond donors (Lipinski definition) is 1. The third kappa shape index (κ3) is 4.97. The van der Waals surface area contributed by atoms with Crippen LogP contribution < -0.4 is 10.5 Å². The summed E-state index contributed by atoms with van der Waals surface area (Å²) in [5.41, 5.74) is 7.88. The van der Waals surface area contributed by atoms with Gasteiger partial charge in [0, 0.05) is 43.5 Å². The van der Waals surface area contributed by atoms with Crippen LogP contribution in [-0.4, -0.2) is 25.5 Å². The minimum Gasteiger partial charge on any atom is -0.473 e. The van der Waals surface area contributed by atoms with Gasteiger partial charge in [0.15, 0.2) is 5.78 Å². The van der Waals surface area contributed by atoms with Gasteiger partial charge >= 0.3 is 0 Å². The van der Waals surface area contributed by atoms with Crippen molar-refractivity contribution in [1.82, 2.24) is 19.7 Å². The number of rotatable bonds is 9. The lowest BCUT2D eigenvalue weighted by atomic mass is 10.0. The van der Waals surface area contributed by atoms with Gasteiger partial charge in [-0.25, -0.2) is 9.97 Å². The van der Waals surface area contributed by atoms with Crippen molar-refractivity contribution in [1.29, 1.82) is 0 Å². The SMILES string of the molecule is NCc1cc(OCc2cccc(C(=O)CCCn3cccn3)c2)ncn1. The highest BCUT2D eigenvalue weighted by Gasteiger charge is 2.07. The number of benzene rings is 1. The second-order valence-corrected chi connectivity index (χ2v) is 5.84. The summed E-state index contributed by atoms with van der Waals surface area (Å²) < 4.78 is 7.50. The van der Waals surface area contributed by atoms with Gasteiger partial charge in [0.1, 0.15) is 12.9 Å². The van der Waals surface area contributed by atoms with E-state index < -0.39 is 0 Å². The summed E-state index contributed by atoms with van der Waals surface area (Å²) in [5.74, 6) is 0.586. The Bertz CT molecular complexity index is 849. The van der Waals surface area contributed by atoms with E-state index in [0.29, 0.717) is 31.0 Å². The molecule has 0 spiro atoms. The predicted molar refractivity (Wildman–Crippen MR) is 96.5 cm³/mol. The number of ketones is 1. The van der Waals surface area contributed by atoms with E-state index in [0.717, 1.165) is 24.2 Å². The Morgan fingerprint density at radius 2 is 2.12 bits per heavy atom. The molecule has 3 aromatic rings. The van der Waals surface area contributed by atoms with Gasteiger partial charge in [-0.3, -0.25) is 9.48 Å². The molecule has 0 aliphatic carbocycles. The van der Waals surface area contributed by atoms with Crippen molar-refractivity contribution >= 4 is 5.78 Å². The van der Waals surface area contributed by atoms with Crippen molar-refractivity contribution in [3.8, 4) is 5.88 Å². The van der Waals surface area contributed by atoms with Gasteiger partial charge in [0.25, 0.3) is 0 Å². The number of nitrogens with two attached hydrogens (primary N) is 1. The molecule has 1 aromatic carbocycles. The molecular formula is C19H21N5O2. The lowest BCUT2D eigenvalue weighted by molar-refractivity contribution is 0.0978. The van der Waals surface area contributed by atoms with Crippen molar-refractivity contribution in [2.75, 3.05) is 0 Å². The molecule has 26 heavy (non-hydrogen) atoms. The molecule has 3 rings (SSSR count). The standard InChI is InChI=1S/C19H21N5O2/c20-12-17-11-19(22-14-21-17)26-13-15-4-1-5-16(10-15)18(25)6-2-8-24-9-3-7-23-24/h1,3-5,7,9-11,14H,2,6,8,12-13,20H2. The highest BCUT2D eigenvalue weighted by atomic mass is 16.5. The zero-order valence-electron chi connectivity index (χ0n) is 14.4. The van der Waals surface area contributed by atoms with Gasteiger partial charge in [0.05, 0.1) is 5.69 Å². The van der Waals surface area contributed by atoms with Crippen molar-refractivity contribution in [2.45, 2.75) is 32.5 Å². The molecular weight excluding hydrogens is 330 g/mol. The van der Waals surface area contributed by atoms with Crippen LogP contribution in [0.3, 0.4) is 0 Å². The summed E-state index contributed by atoms with van der Waals surface area (Å²) in [7, 11) is 0. The van der Waals surface area contributed by atoms with Crippen LogP contribution in [0.5, 0.6) is 5.88 Å². The first-order valence-corrected chi connectivity index (χ1v) is 8.48. The molecule has 134 valence electrons. The molecule has 0 radical (unpaired) electrons. The van der Waals surface area contributed by atoms with Crippen LogP contribution in [0.4, 0.5) is 0 Å². The molecule has 2 N–H and O–H groups in total. The Balaban J connectivity index is 1.54. The Labute approximate surface area is 151 Å². The first-order chi connectivity index (χ1) is 12.7. The van der Waals surface area contributed by atoms with Crippen molar-refractivity contribution < 1.29 is 9.53 Å². The lowest BCUT2D eigenvalue weighted by Crippen LogP contribution is -2.05. The molecule has 0 saturated heterocycles. The van der Waals surface area contributed by atoms with Gasteiger partial charge in [-0.2, -0.15) is 5.10 Å². The normalized spacial score (nSPS) is 10.7. The average molecular weight is 351 g/mol. The zero-order chi connectivity index (χ0) is 18.2. The number of aryl methyl sites for hydroxylation is 1. The largest absolute Gasteiger partial charge is 0.473 e. The van der Waals surface area contributed by atoms with Crippen LogP contribution in [0.1, 0.15) is 34.5 Å². The quantitative estimate of drug-likeness (QED) is 0.595. The summed E-state index contributed by atoms with van der Waals surface area (Å²) >= 11 is 0. The van der Waals surface area contributed by atoms with Crippen molar-refractivity contribution in [3.63, 3.8) is 0 Å². The van der Waals surface area contributed by atoms with Crippen LogP contribution in [0, 0.1) is 0 Å². The van der Waals surface area contributed by atoms with Gasteiger partial charge in [-0.05, 0) is 24.1 Å². The zero-order valence-corrected chi connectivity index (χ0v) is 14.4. The maximum absolute atomic E-state index is 12.4. The first-order valence-electron chi connectivity index (χ1n) is 8.48. The topological polar surface area (TPSA) is 95.9 Å². The fourth-order valence-corrected chi connectivity index (χ4v) is 2.54. The maximum atomic E-state index is 12.4. The fourth-order valence-electron chi connectivity index (χ4n) is 2.54. The van der Waals surface area contributed by atoms with E-state index >= 15 is 0 Å². The number of ether oxygens (including phenoxy) is 1. The van der Waals surface area contributed by atoms with E-state index in [1.807, 2.05) is 41.2 Å². The Hall–Kier alpha value is -3.06. The Kier molecular flexibility index (Phi) is 6.05. The Morgan fingerprint density at radius 3 is 2.92 bits per heavy atom. The monoisotopic (exact) mass is 351 g/mol. The van der Waals surface area contributed by atoms with Crippen LogP contribution in [0.15, 0.2) is 55.1 Å². The molecule has 0 atom stereocenters. The van der Waals surface area contributed by atoms with E-state index in [2.05, 4.69) is 15.1 Å². The Morgan fingerprint density at radius 1 is 1.19 bits per heavy atom. The van der Waals surface area contributed by atoms with E-state index in [9.17, 15) is 4.79 Å². The maximum Gasteiger partial charge on any atom is 0.216 e. The number of Topliss-reactive ketones (excluding diaryl/α,β-unsaturated/α-hetero) is 1. The molecule has 0 aliphatic heterocycles. The minimum atomic E-state index is 0.117. The molecule has 0 fully saturated rings. The van der Waals surface area contributed by atoms with E-state index in [4.69, 9.17) is 10.5 Å². The summed E-state index contributed by atoms with van der Waals surface area (Å²) in [4.78, 5) is 20.5. The fraction of sp³-hybridized carbons (Fsp3) is 0.263. The number of hydrogen-bond acceptors (Lipinski definition) is 6. The molecule has 2 aromatic heterocycles. The van der Waals surface area contributed by atoms with E-state index in [1.54, 1.807) is 12.3 Å². The second-order valence-electron chi connectivity index (χ2n) is 5.84. The van der Waals surface area contributed by atoms with Gasteiger partial charge in [-0.1, -0.05) is 18.2 Å². The molecule has 7 nitrogen and oxygen atoms in total. The highest BCUT2D eigenvalue weighted by Crippen LogP contribution is 2.13. The molecule has 0 bridgehead atoms. The summed E-state index contributed by atoms with van der Waals surface area (Å²) in [5, 5.41) is 4.14. The van der Waals surface area contributed by atoms with Gasteiger partial charge in [-0.15, -0.1) is 0 Å². The molecule has 0 saturated carbocycles. The number of carbonyl (C=O) groups excluding carboxylic acids is 1. The van der Waals surface area contributed by atoms with Crippen LogP contribution in [-0.2, 0) is 19.7 Å². The smallest absolute Gasteiger partial charge is 0.216 e. The predicted octanol–water partition coefficient (Wildman–Crippen LogP) is 2.37. The molecule has 2 heterocycles. The van der Waals surface area contributed by atoms with E-state index in [-0.39, 0.29) is 5.78 Å². The number of carbonyl (C=O) groups is 1. The van der Waals surface area contributed by atoms with Crippen LogP contribution in [0.2, 0.25) is 0 Å². The van der Waals surface area contributed by atoms with Gasteiger partial charge < -0.3 is 10.5 Å². The minimum absolute atomic E-state index is 0.117. The summed E-state index contributed by atoms with van der Waals surface area (Å²) in [6, 6.07) is 11.1. The van der Waals surface area contributed by atoms with Crippen LogP contribution in [0.25, 0.3) is 0 Å². The van der Waals surface area contributed by atoms with Crippen LogP contribution >= 0.6 is 0 Å². The first kappa shape index (κ1) is 17.8. The summed E-state index contributed by atoms with van der Waals surface area (Å²) in [6.07, 6.45) is 6.29. The average Bonchev–Trinajstić information content (AvgIpc) is 3.20. The summed E-state index contributed by atoms with van der Waals surface area (Å²) in [6.45, 7) is 1.40. The molecule has 0 aliphatic rings. The number of aromatic nitrogens is 4. The molecule has 0 amide bonds. The molecule has 0 unspecified atom stereocenters. The number of nitrogens with zero attached hydrogens (tertiary/aromatic N) is 4. The second kappa shape index (κ2) is 8.87. The third-order valence-corrected chi connectivity index (χ3v) is 3.89. The van der Waals surface area contributed by atoms with E-state index in [1.165, 1.54) is 6.33 Å². The highest BCUT2D eigenvalue weighted by molar-refractivity contribution is 5.96. The van der Waals surface area contributed by atoms with Crippen molar-refractivity contribution in [3.05, 3.63) is 71.9 Å². The van der Waals surface area contributed by atoms with Gasteiger partial charge in [0.2, 0.25) is 5.88 Å². The lowest BCUT2D eigenvalue weighted by Gasteiger charge is -2.08. The molecule has 7 heteroatoms. The van der Waals surface area contributed by atoms with Crippen molar-refractivity contribution in [2.24, 2.45) is 5.73 Å². The third-order valence-electron chi connectivity index (χ3n) is 3.89.